The monoisotopic (exact) mass is 251 g/mol. The van der Waals surface area contributed by atoms with E-state index in [0.29, 0.717) is 12.6 Å². The van der Waals surface area contributed by atoms with Gasteiger partial charge in [0, 0.05) is 12.1 Å². The normalized spacial score (nSPS) is 14.0. The van der Waals surface area contributed by atoms with Crippen molar-refractivity contribution in [1.29, 1.82) is 0 Å². The Morgan fingerprint density at radius 1 is 1.17 bits per heavy atom. The molecule has 102 valence electrons. The molecule has 3 nitrogen and oxygen atoms in total. The van der Waals surface area contributed by atoms with E-state index in [2.05, 4.69) is 26.1 Å². The average molecular weight is 251 g/mol. The van der Waals surface area contributed by atoms with E-state index < -0.39 is 0 Å². The summed E-state index contributed by atoms with van der Waals surface area (Å²) in [5.74, 6) is 1.72. The fraction of sp³-hybridized carbons (Fsp3) is 0.600. The van der Waals surface area contributed by atoms with Crippen molar-refractivity contribution in [3.63, 3.8) is 0 Å². The number of hydrogen-bond donors (Lipinski definition) is 1. The van der Waals surface area contributed by atoms with Crippen molar-refractivity contribution in [2.75, 3.05) is 13.2 Å². The maximum atomic E-state index is 5.92. The highest BCUT2D eigenvalue weighted by atomic mass is 16.5. The first-order chi connectivity index (χ1) is 8.67. The summed E-state index contributed by atoms with van der Waals surface area (Å²) in [5, 5.41) is 3.44. The summed E-state index contributed by atoms with van der Waals surface area (Å²) in [5.41, 5.74) is 0. The van der Waals surface area contributed by atoms with Crippen LogP contribution in [-0.4, -0.2) is 25.3 Å². The van der Waals surface area contributed by atoms with Crippen molar-refractivity contribution in [3.05, 3.63) is 24.3 Å². The summed E-state index contributed by atoms with van der Waals surface area (Å²) in [7, 11) is 0. The van der Waals surface area contributed by atoms with Crippen LogP contribution in [-0.2, 0) is 0 Å². The van der Waals surface area contributed by atoms with Gasteiger partial charge in [0.25, 0.3) is 0 Å². The zero-order chi connectivity index (χ0) is 13.4. The largest absolute Gasteiger partial charge is 0.494 e. The molecule has 1 rings (SSSR count). The zero-order valence-electron chi connectivity index (χ0n) is 11.9. The van der Waals surface area contributed by atoms with Crippen molar-refractivity contribution in [1.82, 2.24) is 5.32 Å². The second-order valence-corrected chi connectivity index (χ2v) is 4.47. The zero-order valence-corrected chi connectivity index (χ0v) is 11.9. The predicted octanol–water partition coefficient (Wildman–Crippen LogP) is 3.24. The fourth-order valence-corrected chi connectivity index (χ4v) is 1.66. The Morgan fingerprint density at radius 3 is 2.56 bits per heavy atom. The molecule has 1 N–H and O–H groups in total. The van der Waals surface area contributed by atoms with E-state index >= 15 is 0 Å². The molecule has 0 aliphatic heterocycles. The molecule has 0 saturated carbocycles. The summed E-state index contributed by atoms with van der Waals surface area (Å²) < 4.78 is 11.4. The Labute approximate surface area is 110 Å². The van der Waals surface area contributed by atoms with Crippen LogP contribution < -0.4 is 14.8 Å². The van der Waals surface area contributed by atoms with Gasteiger partial charge in [0.05, 0.1) is 6.61 Å². The van der Waals surface area contributed by atoms with Gasteiger partial charge in [0.2, 0.25) is 0 Å². The average Bonchev–Trinajstić information content (AvgIpc) is 2.36. The van der Waals surface area contributed by atoms with Crippen molar-refractivity contribution >= 4 is 0 Å². The lowest BCUT2D eigenvalue weighted by Crippen LogP contribution is -2.39. The number of benzene rings is 1. The summed E-state index contributed by atoms with van der Waals surface area (Å²) in [6, 6.07) is 8.13. The molecule has 0 bridgehead atoms. The van der Waals surface area contributed by atoms with Gasteiger partial charge in [-0.1, -0.05) is 13.0 Å². The molecule has 0 heterocycles. The van der Waals surface area contributed by atoms with Gasteiger partial charge in [0.15, 0.2) is 0 Å². The maximum absolute atomic E-state index is 5.92. The molecule has 2 atom stereocenters. The lowest BCUT2D eigenvalue weighted by Gasteiger charge is -2.22. The van der Waals surface area contributed by atoms with E-state index in [1.165, 1.54) is 0 Å². The van der Waals surface area contributed by atoms with Crippen LogP contribution in [0.15, 0.2) is 24.3 Å². The van der Waals surface area contributed by atoms with Gasteiger partial charge in [-0.05, 0) is 45.9 Å². The molecule has 0 aliphatic carbocycles. The molecule has 1 aromatic carbocycles. The highest BCUT2D eigenvalue weighted by Crippen LogP contribution is 2.20. The van der Waals surface area contributed by atoms with Gasteiger partial charge < -0.3 is 14.8 Å². The van der Waals surface area contributed by atoms with E-state index in [0.717, 1.165) is 24.5 Å². The lowest BCUT2D eigenvalue weighted by molar-refractivity contribution is 0.177. The van der Waals surface area contributed by atoms with Gasteiger partial charge in [-0.2, -0.15) is 0 Å². The molecular weight excluding hydrogens is 226 g/mol. The smallest absolute Gasteiger partial charge is 0.123 e. The molecule has 18 heavy (non-hydrogen) atoms. The van der Waals surface area contributed by atoms with E-state index in [1.54, 1.807) is 0 Å². The predicted molar refractivity (Wildman–Crippen MR) is 75.5 cm³/mol. The molecule has 0 spiro atoms. The molecular formula is C15H25NO2. The van der Waals surface area contributed by atoms with Gasteiger partial charge >= 0.3 is 0 Å². The van der Waals surface area contributed by atoms with Gasteiger partial charge in [0.1, 0.15) is 17.6 Å². The Morgan fingerprint density at radius 2 is 1.89 bits per heavy atom. The summed E-state index contributed by atoms with van der Waals surface area (Å²) in [6.07, 6.45) is 1.27. The Hall–Kier alpha value is -1.22. The first-order valence-electron chi connectivity index (χ1n) is 6.80. The van der Waals surface area contributed by atoms with Crippen LogP contribution in [0, 0.1) is 0 Å². The van der Waals surface area contributed by atoms with Crippen LogP contribution in [0.4, 0.5) is 0 Å². The summed E-state index contributed by atoms with van der Waals surface area (Å²) >= 11 is 0. The highest BCUT2D eigenvalue weighted by Gasteiger charge is 2.12. The third-order valence-electron chi connectivity index (χ3n) is 2.86. The second-order valence-electron chi connectivity index (χ2n) is 4.47. The van der Waals surface area contributed by atoms with E-state index in [4.69, 9.17) is 9.47 Å². The third-order valence-corrected chi connectivity index (χ3v) is 2.86. The number of hydrogen-bond acceptors (Lipinski definition) is 3. The Kier molecular flexibility index (Phi) is 6.58. The maximum Gasteiger partial charge on any atom is 0.123 e. The van der Waals surface area contributed by atoms with Crippen molar-refractivity contribution in [2.45, 2.75) is 46.3 Å². The van der Waals surface area contributed by atoms with Crippen LogP contribution in [0.5, 0.6) is 11.5 Å². The van der Waals surface area contributed by atoms with E-state index in [-0.39, 0.29) is 6.10 Å². The molecule has 3 heteroatoms. The SMILES string of the molecule is CCCNC(C)C(C)Oc1cccc(OCC)c1. The molecule has 0 radical (unpaired) electrons. The first kappa shape index (κ1) is 14.8. The summed E-state index contributed by atoms with van der Waals surface area (Å²) in [6.45, 7) is 10.1. The lowest BCUT2D eigenvalue weighted by atomic mass is 10.2. The minimum atomic E-state index is 0.133. The highest BCUT2D eigenvalue weighted by molar-refractivity contribution is 5.33. The standard InChI is InChI=1S/C15H25NO2/c1-5-10-16-12(3)13(4)18-15-9-7-8-14(11-15)17-6-2/h7-9,11-13,16H,5-6,10H2,1-4H3. The second kappa shape index (κ2) is 7.98. The molecule has 0 aromatic heterocycles. The summed E-state index contributed by atoms with van der Waals surface area (Å²) in [4.78, 5) is 0. The van der Waals surface area contributed by atoms with Crippen LogP contribution in [0.3, 0.4) is 0 Å². The van der Waals surface area contributed by atoms with Crippen LogP contribution in [0.1, 0.15) is 34.1 Å². The van der Waals surface area contributed by atoms with Crippen LogP contribution in [0.25, 0.3) is 0 Å². The van der Waals surface area contributed by atoms with Gasteiger partial charge in [-0.25, -0.2) is 0 Å². The van der Waals surface area contributed by atoms with Crippen molar-refractivity contribution < 1.29 is 9.47 Å². The fourth-order valence-electron chi connectivity index (χ4n) is 1.66. The van der Waals surface area contributed by atoms with Crippen molar-refractivity contribution in [3.8, 4) is 11.5 Å². The first-order valence-corrected chi connectivity index (χ1v) is 6.80. The van der Waals surface area contributed by atoms with Crippen LogP contribution in [0.2, 0.25) is 0 Å². The molecule has 0 saturated heterocycles. The molecule has 2 unspecified atom stereocenters. The van der Waals surface area contributed by atoms with Crippen LogP contribution >= 0.6 is 0 Å². The number of rotatable bonds is 8. The third kappa shape index (κ3) is 4.96. The van der Waals surface area contributed by atoms with Gasteiger partial charge in [-0.3, -0.25) is 0 Å². The molecule has 0 fully saturated rings. The Balaban J connectivity index is 2.52. The Bertz CT molecular complexity index is 341. The van der Waals surface area contributed by atoms with Crippen molar-refractivity contribution in [2.24, 2.45) is 0 Å². The quantitative estimate of drug-likeness (QED) is 0.769. The van der Waals surface area contributed by atoms with E-state index in [1.807, 2.05) is 31.2 Å². The molecule has 0 aliphatic rings. The topological polar surface area (TPSA) is 30.5 Å². The molecule has 1 aromatic rings. The molecule has 0 amide bonds. The number of nitrogens with one attached hydrogen (secondary N) is 1. The van der Waals surface area contributed by atoms with E-state index in [9.17, 15) is 0 Å². The minimum Gasteiger partial charge on any atom is -0.494 e. The minimum absolute atomic E-state index is 0.133. The number of ether oxygens (including phenoxy) is 2. The van der Waals surface area contributed by atoms with Gasteiger partial charge in [-0.15, -0.1) is 0 Å².